The maximum absolute atomic E-state index is 13.0. The van der Waals surface area contributed by atoms with E-state index in [1.807, 2.05) is 60.4 Å². The Morgan fingerprint density at radius 2 is 1.79 bits per heavy atom. The van der Waals surface area contributed by atoms with Gasteiger partial charge in [-0.15, -0.1) is 0 Å². The lowest BCUT2D eigenvalue weighted by Gasteiger charge is -2.35. The molecule has 29 heavy (non-hydrogen) atoms. The summed E-state index contributed by atoms with van der Waals surface area (Å²) in [6, 6.07) is 13.7. The Bertz CT molecular complexity index is 971. The molecule has 2 aliphatic heterocycles. The molecule has 2 aromatic rings. The number of carbonyl (C=O) groups is 2. The normalized spacial score (nSPS) is 22.9. The van der Waals surface area contributed by atoms with E-state index in [1.54, 1.807) is 0 Å². The summed E-state index contributed by atoms with van der Waals surface area (Å²) in [7, 11) is 0. The molecule has 2 atom stereocenters. The predicted octanol–water partition coefficient (Wildman–Crippen LogP) is 5.20. The Balaban J connectivity index is 1.55. The lowest BCUT2D eigenvalue weighted by Crippen LogP contribution is -2.42. The van der Waals surface area contributed by atoms with Gasteiger partial charge in [0.15, 0.2) is 0 Å². The SMILES string of the molecule is Cc1ccc(/C=C2/Sc3ccc(C(=O)N4C[C@H](C)C[C@@H](C)C4)cc3NC2=O)cc1. The van der Waals surface area contributed by atoms with Crippen LogP contribution in [0.15, 0.2) is 52.3 Å². The zero-order valence-corrected chi connectivity index (χ0v) is 17.9. The monoisotopic (exact) mass is 406 g/mol. The van der Waals surface area contributed by atoms with Gasteiger partial charge in [0.2, 0.25) is 0 Å². The number of benzene rings is 2. The van der Waals surface area contributed by atoms with Crippen LogP contribution < -0.4 is 5.32 Å². The van der Waals surface area contributed by atoms with E-state index >= 15 is 0 Å². The number of amides is 2. The molecule has 0 radical (unpaired) electrons. The first-order valence-electron chi connectivity index (χ1n) is 10.1. The number of likely N-dealkylation sites (tertiary alicyclic amines) is 1. The van der Waals surface area contributed by atoms with E-state index in [2.05, 4.69) is 19.2 Å². The number of nitrogens with one attached hydrogen (secondary N) is 1. The van der Waals surface area contributed by atoms with Crippen LogP contribution in [0.4, 0.5) is 5.69 Å². The summed E-state index contributed by atoms with van der Waals surface area (Å²) < 4.78 is 0. The highest BCUT2D eigenvalue weighted by molar-refractivity contribution is 8.04. The van der Waals surface area contributed by atoms with Crippen molar-refractivity contribution in [1.82, 2.24) is 4.90 Å². The molecule has 0 aromatic heterocycles. The average molecular weight is 407 g/mol. The Kier molecular flexibility index (Phi) is 5.50. The van der Waals surface area contributed by atoms with E-state index in [4.69, 9.17) is 0 Å². The summed E-state index contributed by atoms with van der Waals surface area (Å²) in [4.78, 5) is 29.1. The summed E-state index contributed by atoms with van der Waals surface area (Å²) in [5, 5.41) is 2.96. The standard InChI is InChI=1S/C24H26N2O2S/c1-15-4-6-18(7-5-15)11-22-23(27)25-20-12-19(8-9-21(20)29-22)24(28)26-13-16(2)10-17(3)14-26/h4-9,11-12,16-17H,10,13-14H2,1-3H3,(H,25,27)/b22-11+/t16-,17-/m1/s1. The van der Waals surface area contributed by atoms with E-state index in [0.29, 0.717) is 28.0 Å². The maximum Gasteiger partial charge on any atom is 0.262 e. The summed E-state index contributed by atoms with van der Waals surface area (Å²) in [5.41, 5.74) is 3.53. The highest BCUT2D eigenvalue weighted by Gasteiger charge is 2.28. The van der Waals surface area contributed by atoms with Gasteiger partial charge in [-0.25, -0.2) is 0 Å². The van der Waals surface area contributed by atoms with Crippen molar-refractivity contribution in [2.24, 2.45) is 11.8 Å². The van der Waals surface area contributed by atoms with Crippen LogP contribution in [0.1, 0.15) is 41.8 Å². The fraction of sp³-hybridized carbons (Fsp3) is 0.333. The van der Waals surface area contributed by atoms with E-state index in [0.717, 1.165) is 30.0 Å². The molecule has 1 N–H and O–H groups in total. The van der Waals surface area contributed by atoms with Crippen molar-refractivity contribution in [3.05, 3.63) is 64.1 Å². The molecule has 150 valence electrons. The fourth-order valence-corrected chi connectivity index (χ4v) is 5.05. The number of piperidine rings is 1. The topological polar surface area (TPSA) is 49.4 Å². The minimum absolute atomic E-state index is 0.0476. The lowest BCUT2D eigenvalue weighted by atomic mass is 9.91. The molecule has 1 fully saturated rings. The number of hydrogen-bond donors (Lipinski definition) is 1. The van der Waals surface area contributed by atoms with E-state index < -0.39 is 0 Å². The minimum atomic E-state index is -0.132. The molecule has 4 nitrogen and oxygen atoms in total. The van der Waals surface area contributed by atoms with Crippen LogP contribution in [0, 0.1) is 18.8 Å². The molecule has 0 unspecified atom stereocenters. The lowest BCUT2D eigenvalue weighted by molar-refractivity contribution is -0.112. The second kappa shape index (κ2) is 8.07. The van der Waals surface area contributed by atoms with Gasteiger partial charge in [-0.3, -0.25) is 9.59 Å². The van der Waals surface area contributed by atoms with Crippen molar-refractivity contribution >= 4 is 35.3 Å². The summed E-state index contributed by atoms with van der Waals surface area (Å²) >= 11 is 1.45. The third-order valence-corrected chi connectivity index (χ3v) is 6.55. The number of fused-ring (bicyclic) bond motifs is 1. The van der Waals surface area contributed by atoms with Crippen molar-refractivity contribution in [2.75, 3.05) is 18.4 Å². The third-order valence-electron chi connectivity index (χ3n) is 5.45. The average Bonchev–Trinajstić information content (AvgIpc) is 2.68. The van der Waals surface area contributed by atoms with Gasteiger partial charge in [0, 0.05) is 23.5 Å². The largest absolute Gasteiger partial charge is 0.338 e. The summed E-state index contributed by atoms with van der Waals surface area (Å²) in [5.74, 6) is 0.953. The molecule has 0 saturated carbocycles. The molecule has 0 aliphatic carbocycles. The van der Waals surface area contributed by atoms with Crippen LogP contribution in [0.2, 0.25) is 0 Å². The van der Waals surface area contributed by atoms with Gasteiger partial charge >= 0.3 is 0 Å². The molecule has 2 aromatic carbocycles. The Labute approximate surface area is 176 Å². The quantitative estimate of drug-likeness (QED) is 0.698. The first-order chi connectivity index (χ1) is 13.9. The molecular formula is C24H26N2O2S. The van der Waals surface area contributed by atoms with Gasteiger partial charge in [0.1, 0.15) is 0 Å². The van der Waals surface area contributed by atoms with Gasteiger partial charge < -0.3 is 10.2 Å². The fourth-order valence-electron chi connectivity index (χ4n) is 4.12. The molecule has 5 heteroatoms. The Hall–Kier alpha value is -2.53. The number of anilines is 1. The van der Waals surface area contributed by atoms with Crippen molar-refractivity contribution in [1.29, 1.82) is 0 Å². The molecule has 2 heterocycles. The van der Waals surface area contributed by atoms with Crippen molar-refractivity contribution in [2.45, 2.75) is 32.1 Å². The van der Waals surface area contributed by atoms with Gasteiger partial charge in [-0.05, 0) is 55.0 Å². The van der Waals surface area contributed by atoms with E-state index in [9.17, 15) is 9.59 Å². The van der Waals surface area contributed by atoms with Crippen LogP contribution >= 0.6 is 11.8 Å². The maximum atomic E-state index is 13.0. The number of rotatable bonds is 2. The predicted molar refractivity (Wildman–Crippen MR) is 119 cm³/mol. The van der Waals surface area contributed by atoms with Gasteiger partial charge in [0.25, 0.3) is 11.8 Å². The van der Waals surface area contributed by atoms with Gasteiger partial charge in [-0.1, -0.05) is 55.4 Å². The van der Waals surface area contributed by atoms with Crippen LogP contribution in [-0.2, 0) is 4.79 Å². The summed E-state index contributed by atoms with van der Waals surface area (Å²) in [6.07, 6.45) is 3.06. The second-order valence-electron chi connectivity index (χ2n) is 8.34. The first kappa shape index (κ1) is 19.8. The molecule has 0 spiro atoms. The van der Waals surface area contributed by atoms with Crippen LogP contribution in [0.25, 0.3) is 6.08 Å². The highest BCUT2D eigenvalue weighted by atomic mass is 32.2. The molecule has 0 bridgehead atoms. The van der Waals surface area contributed by atoms with Crippen LogP contribution in [0.5, 0.6) is 0 Å². The number of carbonyl (C=O) groups excluding carboxylic acids is 2. The molecule has 2 aliphatic rings. The third kappa shape index (κ3) is 4.40. The zero-order valence-electron chi connectivity index (χ0n) is 17.1. The number of nitrogens with zero attached hydrogens (tertiary/aromatic N) is 1. The second-order valence-corrected chi connectivity index (χ2v) is 9.43. The van der Waals surface area contributed by atoms with Crippen molar-refractivity contribution in [3.63, 3.8) is 0 Å². The molecule has 2 amide bonds. The van der Waals surface area contributed by atoms with Crippen LogP contribution in [0.3, 0.4) is 0 Å². The van der Waals surface area contributed by atoms with Crippen molar-refractivity contribution < 1.29 is 9.59 Å². The van der Waals surface area contributed by atoms with Gasteiger partial charge in [0.05, 0.1) is 10.6 Å². The minimum Gasteiger partial charge on any atom is -0.338 e. The summed E-state index contributed by atoms with van der Waals surface area (Å²) in [6.45, 7) is 8.03. The van der Waals surface area contributed by atoms with Crippen molar-refractivity contribution in [3.8, 4) is 0 Å². The number of thioether (sulfide) groups is 1. The van der Waals surface area contributed by atoms with E-state index in [1.165, 1.54) is 17.3 Å². The first-order valence-corrected chi connectivity index (χ1v) is 10.9. The molecular weight excluding hydrogens is 380 g/mol. The number of aryl methyl sites for hydroxylation is 1. The van der Waals surface area contributed by atoms with Crippen LogP contribution in [-0.4, -0.2) is 29.8 Å². The smallest absolute Gasteiger partial charge is 0.262 e. The highest BCUT2D eigenvalue weighted by Crippen LogP contribution is 2.39. The number of hydrogen-bond acceptors (Lipinski definition) is 3. The molecule has 4 rings (SSSR count). The zero-order chi connectivity index (χ0) is 20.5. The Morgan fingerprint density at radius 1 is 1.10 bits per heavy atom. The molecule has 1 saturated heterocycles. The Morgan fingerprint density at radius 3 is 2.48 bits per heavy atom. The van der Waals surface area contributed by atoms with Gasteiger partial charge in [-0.2, -0.15) is 0 Å². The van der Waals surface area contributed by atoms with E-state index in [-0.39, 0.29) is 11.8 Å².